The highest BCUT2D eigenvalue weighted by Crippen LogP contribution is 2.26. The molecule has 1 aliphatic heterocycles. The molecule has 2 heterocycles. The van der Waals surface area contributed by atoms with Crippen LogP contribution in [0.5, 0.6) is 5.88 Å². The average Bonchev–Trinajstić information content (AvgIpc) is 2.87. The molecule has 0 radical (unpaired) electrons. The largest absolute Gasteiger partial charge is 0.473 e. The zero-order valence-electron chi connectivity index (χ0n) is 12.6. The molecule has 0 bridgehead atoms. The lowest BCUT2D eigenvalue weighted by Gasteiger charge is -2.16. The summed E-state index contributed by atoms with van der Waals surface area (Å²) < 4.78 is 5.57. The molecule has 1 unspecified atom stereocenters. The summed E-state index contributed by atoms with van der Waals surface area (Å²) in [4.78, 5) is 10.7. The first-order chi connectivity index (χ1) is 9.60. The van der Waals surface area contributed by atoms with Crippen LogP contribution in [0.25, 0.3) is 0 Å². The molecule has 1 saturated heterocycles. The minimum absolute atomic E-state index is 0.0491. The van der Waals surface area contributed by atoms with Gasteiger partial charge in [0.1, 0.15) is 12.0 Å². The highest BCUT2D eigenvalue weighted by atomic mass is 16.5. The summed E-state index contributed by atoms with van der Waals surface area (Å²) in [5, 5.41) is 3.33. The predicted octanol–water partition coefficient (Wildman–Crippen LogP) is 1.60. The smallest absolute Gasteiger partial charge is 0.242 e. The molecule has 0 spiro atoms. The number of nitrogen functional groups attached to an aromatic ring is 1. The van der Waals surface area contributed by atoms with Crippen molar-refractivity contribution in [1.82, 2.24) is 14.9 Å². The highest BCUT2D eigenvalue weighted by molar-refractivity contribution is 5.66. The van der Waals surface area contributed by atoms with Gasteiger partial charge in [0.05, 0.1) is 6.10 Å². The second kappa shape index (κ2) is 6.74. The lowest BCUT2D eigenvalue weighted by atomic mass is 10.1. The van der Waals surface area contributed by atoms with Gasteiger partial charge in [-0.25, -0.2) is 4.98 Å². The molecule has 6 nitrogen and oxygen atoms in total. The number of hydrogen-bond acceptors (Lipinski definition) is 6. The van der Waals surface area contributed by atoms with Crippen molar-refractivity contribution in [1.29, 1.82) is 0 Å². The van der Waals surface area contributed by atoms with Crippen LogP contribution in [0, 0.1) is 5.92 Å². The zero-order valence-corrected chi connectivity index (χ0v) is 12.6. The number of ether oxygens (including phenoxy) is 1. The number of rotatable bonds is 6. The Labute approximate surface area is 120 Å². The Kier molecular flexibility index (Phi) is 5.00. The molecule has 1 aromatic rings. The molecule has 0 saturated carbocycles. The number of aromatic nitrogens is 2. The summed E-state index contributed by atoms with van der Waals surface area (Å²) in [6, 6.07) is 0. The standard InChI is InChI=1S/C14H25N5O/c1-4-19-6-5-11(8-19)7-16-13-12(15)14(18-9-17-13)20-10(2)3/h9-11H,4-8,15H2,1-3H3,(H,16,17,18). The van der Waals surface area contributed by atoms with Crippen molar-refractivity contribution in [3.8, 4) is 5.88 Å². The quantitative estimate of drug-likeness (QED) is 0.823. The molecular weight excluding hydrogens is 254 g/mol. The van der Waals surface area contributed by atoms with Gasteiger partial charge in [0.2, 0.25) is 5.88 Å². The fourth-order valence-electron chi connectivity index (χ4n) is 2.45. The van der Waals surface area contributed by atoms with E-state index in [-0.39, 0.29) is 6.10 Å². The van der Waals surface area contributed by atoms with Crippen molar-refractivity contribution in [2.24, 2.45) is 5.92 Å². The van der Waals surface area contributed by atoms with Crippen LogP contribution in [-0.4, -0.2) is 47.2 Å². The molecular formula is C14H25N5O. The van der Waals surface area contributed by atoms with Gasteiger partial charge in [-0.15, -0.1) is 0 Å². The Hall–Kier alpha value is -1.56. The van der Waals surface area contributed by atoms with E-state index in [1.807, 2.05) is 13.8 Å². The van der Waals surface area contributed by atoms with Crippen molar-refractivity contribution in [2.75, 3.05) is 37.2 Å². The van der Waals surface area contributed by atoms with Gasteiger partial charge >= 0.3 is 0 Å². The molecule has 0 amide bonds. The normalized spacial score (nSPS) is 19.5. The van der Waals surface area contributed by atoms with Crippen LogP contribution in [-0.2, 0) is 0 Å². The number of anilines is 2. The van der Waals surface area contributed by atoms with Crippen molar-refractivity contribution < 1.29 is 4.74 Å². The second-order valence-electron chi connectivity index (χ2n) is 5.54. The molecule has 0 aromatic carbocycles. The molecule has 6 heteroatoms. The summed E-state index contributed by atoms with van der Waals surface area (Å²) in [5.74, 6) is 1.78. The Morgan fingerprint density at radius 3 is 2.95 bits per heavy atom. The Balaban J connectivity index is 1.93. The van der Waals surface area contributed by atoms with E-state index in [4.69, 9.17) is 10.5 Å². The van der Waals surface area contributed by atoms with Gasteiger partial charge in [0, 0.05) is 13.1 Å². The third-order valence-electron chi connectivity index (χ3n) is 3.57. The maximum absolute atomic E-state index is 6.05. The Morgan fingerprint density at radius 1 is 1.50 bits per heavy atom. The van der Waals surface area contributed by atoms with Crippen LogP contribution < -0.4 is 15.8 Å². The summed E-state index contributed by atoms with van der Waals surface area (Å²) in [7, 11) is 0. The minimum Gasteiger partial charge on any atom is -0.473 e. The van der Waals surface area contributed by atoms with Crippen molar-refractivity contribution >= 4 is 11.5 Å². The summed E-state index contributed by atoms with van der Waals surface area (Å²) in [6.07, 6.45) is 2.76. The molecule has 2 rings (SSSR count). The first kappa shape index (κ1) is 14.8. The van der Waals surface area contributed by atoms with Gasteiger partial charge < -0.3 is 20.7 Å². The van der Waals surface area contributed by atoms with Gasteiger partial charge in [-0.2, -0.15) is 4.98 Å². The Bertz CT molecular complexity index is 438. The number of nitrogens with one attached hydrogen (secondary N) is 1. The van der Waals surface area contributed by atoms with Crippen LogP contribution in [0.15, 0.2) is 6.33 Å². The summed E-state index contributed by atoms with van der Waals surface area (Å²) in [5.41, 5.74) is 6.54. The maximum Gasteiger partial charge on any atom is 0.242 e. The molecule has 112 valence electrons. The third-order valence-corrected chi connectivity index (χ3v) is 3.57. The van der Waals surface area contributed by atoms with Gasteiger partial charge in [-0.3, -0.25) is 0 Å². The van der Waals surface area contributed by atoms with Crippen molar-refractivity contribution in [2.45, 2.75) is 33.3 Å². The van der Waals surface area contributed by atoms with Gasteiger partial charge in [-0.05, 0) is 39.3 Å². The van der Waals surface area contributed by atoms with E-state index in [0.717, 1.165) is 19.6 Å². The van der Waals surface area contributed by atoms with Crippen LogP contribution in [0.4, 0.5) is 11.5 Å². The lowest BCUT2D eigenvalue weighted by molar-refractivity contribution is 0.234. The summed E-state index contributed by atoms with van der Waals surface area (Å²) >= 11 is 0. The van der Waals surface area contributed by atoms with E-state index in [2.05, 4.69) is 27.1 Å². The molecule has 0 aliphatic carbocycles. The number of nitrogens with two attached hydrogens (primary N) is 1. The van der Waals surface area contributed by atoms with Crippen LogP contribution in [0.1, 0.15) is 27.2 Å². The number of likely N-dealkylation sites (tertiary alicyclic amines) is 1. The van der Waals surface area contributed by atoms with Gasteiger partial charge in [-0.1, -0.05) is 6.92 Å². The molecule has 20 heavy (non-hydrogen) atoms. The predicted molar refractivity (Wildman–Crippen MR) is 80.9 cm³/mol. The highest BCUT2D eigenvalue weighted by Gasteiger charge is 2.21. The molecule has 3 N–H and O–H groups in total. The molecule has 1 atom stereocenters. The van der Waals surface area contributed by atoms with Crippen molar-refractivity contribution in [3.63, 3.8) is 0 Å². The third kappa shape index (κ3) is 3.72. The van der Waals surface area contributed by atoms with E-state index in [1.165, 1.54) is 19.3 Å². The maximum atomic E-state index is 6.05. The number of nitrogens with zero attached hydrogens (tertiary/aromatic N) is 3. The summed E-state index contributed by atoms with van der Waals surface area (Å²) in [6.45, 7) is 10.4. The van der Waals surface area contributed by atoms with Crippen LogP contribution in [0.3, 0.4) is 0 Å². The second-order valence-corrected chi connectivity index (χ2v) is 5.54. The fraction of sp³-hybridized carbons (Fsp3) is 0.714. The van der Waals surface area contributed by atoms with E-state index < -0.39 is 0 Å². The lowest BCUT2D eigenvalue weighted by Crippen LogP contribution is -2.23. The minimum atomic E-state index is 0.0491. The average molecular weight is 279 g/mol. The van der Waals surface area contributed by atoms with Crippen LogP contribution >= 0.6 is 0 Å². The topological polar surface area (TPSA) is 76.3 Å². The van der Waals surface area contributed by atoms with E-state index in [0.29, 0.717) is 23.3 Å². The zero-order chi connectivity index (χ0) is 14.5. The fourth-order valence-corrected chi connectivity index (χ4v) is 2.45. The molecule has 1 aliphatic rings. The van der Waals surface area contributed by atoms with Gasteiger partial charge in [0.25, 0.3) is 0 Å². The Morgan fingerprint density at radius 2 is 2.30 bits per heavy atom. The first-order valence-corrected chi connectivity index (χ1v) is 7.33. The first-order valence-electron chi connectivity index (χ1n) is 7.33. The van der Waals surface area contributed by atoms with Gasteiger partial charge in [0.15, 0.2) is 5.82 Å². The molecule has 1 fully saturated rings. The van der Waals surface area contributed by atoms with E-state index in [9.17, 15) is 0 Å². The van der Waals surface area contributed by atoms with E-state index >= 15 is 0 Å². The SMILES string of the molecule is CCN1CCC(CNc2ncnc(OC(C)C)c2N)C1. The monoisotopic (exact) mass is 279 g/mol. The molecule has 1 aromatic heterocycles. The van der Waals surface area contributed by atoms with E-state index in [1.54, 1.807) is 0 Å². The number of hydrogen-bond donors (Lipinski definition) is 2. The van der Waals surface area contributed by atoms with Crippen LogP contribution in [0.2, 0.25) is 0 Å². The van der Waals surface area contributed by atoms with Crippen molar-refractivity contribution in [3.05, 3.63) is 6.33 Å².